The van der Waals surface area contributed by atoms with Gasteiger partial charge in [-0.25, -0.2) is 0 Å². The van der Waals surface area contributed by atoms with Crippen LogP contribution in [0.25, 0.3) is 0 Å². The minimum Gasteiger partial charge on any atom is -0.388 e. The number of aliphatic hydroxyl groups excluding tert-OH is 1. The van der Waals surface area contributed by atoms with Crippen LogP contribution < -0.4 is 0 Å². The van der Waals surface area contributed by atoms with E-state index in [2.05, 4.69) is 15.9 Å². The van der Waals surface area contributed by atoms with Gasteiger partial charge in [-0.15, -0.1) is 0 Å². The number of aliphatic hydroxyl groups is 1. The maximum absolute atomic E-state index is 10.2. The van der Waals surface area contributed by atoms with Gasteiger partial charge in [-0.2, -0.15) is 0 Å². The summed E-state index contributed by atoms with van der Waals surface area (Å²) in [5.74, 6) is 0.671. The quantitative estimate of drug-likeness (QED) is 0.857. The van der Waals surface area contributed by atoms with Crippen LogP contribution in [0, 0.1) is 5.92 Å². The molecule has 2 rings (SSSR count). The van der Waals surface area contributed by atoms with Crippen molar-refractivity contribution in [2.24, 2.45) is 5.92 Å². The predicted octanol–water partition coefficient (Wildman–Crippen LogP) is 4.72. The number of hydrogen-bond acceptors (Lipinski definition) is 1. The summed E-state index contributed by atoms with van der Waals surface area (Å²) in [6, 6.07) is 5.65. The summed E-state index contributed by atoms with van der Waals surface area (Å²) in [6.45, 7) is 0. The molecule has 0 spiro atoms. The molecule has 1 aromatic carbocycles. The van der Waals surface area contributed by atoms with Gasteiger partial charge in [-0.3, -0.25) is 0 Å². The standard InChI is InChI=1S/C13H16BrClO/c14-10-5-6-12(15)11(8-10)13(16)7-9-3-1-2-4-9/h5-6,8-9,13,16H,1-4,7H2. The van der Waals surface area contributed by atoms with E-state index in [4.69, 9.17) is 11.6 Å². The Morgan fingerprint density at radius 3 is 2.75 bits per heavy atom. The molecular formula is C13H16BrClO. The highest BCUT2D eigenvalue weighted by molar-refractivity contribution is 9.10. The molecule has 0 bridgehead atoms. The fraction of sp³-hybridized carbons (Fsp3) is 0.538. The van der Waals surface area contributed by atoms with E-state index in [1.54, 1.807) is 0 Å². The summed E-state index contributed by atoms with van der Waals surface area (Å²) in [4.78, 5) is 0. The van der Waals surface area contributed by atoms with Gasteiger partial charge in [0.1, 0.15) is 0 Å². The molecule has 1 aliphatic rings. The highest BCUT2D eigenvalue weighted by Crippen LogP contribution is 2.35. The van der Waals surface area contributed by atoms with Gasteiger partial charge in [0, 0.05) is 15.1 Å². The first-order chi connectivity index (χ1) is 7.66. The fourth-order valence-corrected chi connectivity index (χ4v) is 3.08. The highest BCUT2D eigenvalue weighted by Gasteiger charge is 2.21. The van der Waals surface area contributed by atoms with Gasteiger partial charge in [0.25, 0.3) is 0 Å². The smallest absolute Gasteiger partial charge is 0.0807 e. The molecule has 0 amide bonds. The molecule has 0 aliphatic heterocycles. The van der Waals surface area contributed by atoms with E-state index < -0.39 is 6.10 Å². The van der Waals surface area contributed by atoms with Crippen LogP contribution in [-0.2, 0) is 0 Å². The van der Waals surface area contributed by atoms with Crippen molar-refractivity contribution in [1.82, 2.24) is 0 Å². The minimum atomic E-state index is -0.423. The minimum absolute atomic E-state index is 0.423. The third-order valence-electron chi connectivity index (χ3n) is 3.35. The molecule has 0 aromatic heterocycles. The van der Waals surface area contributed by atoms with Crippen molar-refractivity contribution >= 4 is 27.5 Å². The van der Waals surface area contributed by atoms with E-state index in [0.29, 0.717) is 10.9 Å². The average molecular weight is 304 g/mol. The maximum Gasteiger partial charge on any atom is 0.0807 e. The molecule has 1 fully saturated rings. The van der Waals surface area contributed by atoms with Crippen molar-refractivity contribution in [2.45, 2.75) is 38.2 Å². The maximum atomic E-state index is 10.2. The van der Waals surface area contributed by atoms with Crippen molar-refractivity contribution < 1.29 is 5.11 Å². The van der Waals surface area contributed by atoms with Crippen LogP contribution in [0.15, 0.2) is 22.7 Å². The molecule has 1 nitrogen and oxygen atoms in total. The molecule has 1 aromatic rings. The summed E-state index contributed by atoms with van der Waals surface area (Å²) >= 11 is 9.50. The average Bonchev–Trinajstić information content (AvgIpc) is 2.74. The number of halogens is 2. The monoisotopic (exact) mass is 302 g/mol. The van der Waals surface area contributed by atoms with E-state index in [1.807, 2.05) is 18.2 Å². The summed E-state index contributed by atoms with van der Waals surface area (Å²) < 4.78 is 0.970. The van der Waals surface area contributed by atoms with Crippen LogP contribution in [0.4, 0.5) is 0 Å². The molecule has 1 atom stereocenters. The Kier molecular flexibility index (Phi) is 4.28. The largest absolute Gasteiger partial charge is 0.388 e. The lowest BCUT2D eigenvalue weighted by molar-refractivity contribution is 0.145. The Morgan fingerprint density at radius 1 is 1.38 bits per heavy atom. The summed E-state index contributed by atoms with van der Waals surface area (Å²) in [6.07, 6.45) is 5.54. The second kappa shape index (κ2) is 5.52. The molecule has 0 heterocycles. The molecule has 0 radical (unpaired) electrons. The fourth-order valence-electron chi connectivity index (χ4n) is 2.46. The number of rotatable bonds is 3. The predicted molar refractivity (Wildman–Crippen MR) is 70.7 cm³/mol. The van der Waals surface area contributed by atoms with E-state index >= 15 is 0 Å². The van der Waals surface area contributed by atoms with Crippen LogP contribution in [0.2, 0.25) is 5.02 Å². The molecule has 1 saturated carbocycles. The van der Waals surface area contributed by atoms with Crippen LogP contribution in [0.1, 0.15) is 43.8 Å². The van der Waals surface area contributed by atoms with Gasteiger partial charge in [0.05, 0.1) is 6.10 Å². The van der Waals surface area contributed by atoms with Gasteiger partial charge >= 0.3 is 0 Å². The van der Waals surface area contributed by atoms with Crippen LogP contribution >= 0.6 is 27.5 Å². The topological polar surface area (TPSA) is 20.2 Å². The van der Waals surface area contributed by atoms with Crippen LogP contribution in [0.3, 0.4) is 0 Å². The summed E-state index contributed by atoms with van der Waals surface area (Å²) in [5, 5.41) is 10.8. The Bertz CT molecular complexity index is 361. The van der Waals surface area contributed by atoms with Crippen LogP contribution in [0.5, 0.6) is 0 Å². The van der Waals surface area contributed by atoms with Crippen molar-refractivity contribution in [3.63, 3.8) is 0 Å². The Balaban J connectivity index is 2.07. The zero-order valence-electron chi connectivity index (χ0n) is 9.13. The first-order valence-corrected chi connectivity index (χ1v) is 6.97. The van der Waals surface area contributed by atoms with Crippen molar-refractivity contribution in [1.29, 1.82) is 0 Å². The number of benzene rings is 1. The third kappa shape index (κ3) is 2.99. The molecular weight excluding hydrogens is 287 g/mol. The van der Waals surface area contributed by atoms with Crippen molar-refractivity contribution in [2.75, 3.05) is 0 Å². The molecule has 1 unspecified atom stereocenters. The molecule has 0 saturated heterocycles. The second-order valence-corrected chi connectivity index (χ2v) is 5.89. The van der Waals surface area contributed by atoms with Gasteiger partial charge in [0.2, 0.25) is 0 Å². The first-order valence-electron chi connectivity index (χ1n) is 5.80. The zero-order valence-corrected chi connectivity index (χ0v) is 11.5. The van der Waals surface area contributed by atoms with Crippen molar-refractivity contribution in [3.8, 4) is 0 Å². The van der Waals surface area contributed by atoms with E-state index in [0.717, 1.165) is 16.5 Å². The second-order valence-electron chi connectivity index (χ2n) is 4.57. The van der Waals surface area contributed by atoms with Crippen molar-refractivity contribution in [3.05, 3.63) is 33.3 Å². The summed E-state index contributed by atoms with van der Waals surface area (Å²) in [7, 11) is 0. The van der Waals surface area contributed by atoms with Gasteiger partial charge in [-0.1, -0.05) is 53.2 Å². The molecule has 16 heavy (non-hydrogen) atoms. The zero-order chi connectivity index (χ0) is 11.5. The van der Waals surface area contributed by atoms with Gasteiger partial charge in [-0.05, 0) is 30.5 Å². The lowest BCUT2D eigenvalue weighted by atomic mass is 9.96. The molecule has 1 aliphatic carbocycles. The SMILES string of the molecule is OC(CC1CCCC1)c1cc(Br)ccc1Cl. The Labute approximate surface area is 110 Å². The Morgan fingerprint density at radius 2 is 2.06 bits per heavy atom. The van der Waals surface area contributed by atoms with E-state index in [9.17, 15) is 5.11 Å². The first kappa shape index (κ1) is 12.4. The lowest BCUT2D eigenvalue weighted by Gasteiger charge is -2.17. The Hall–Kier alpha value is -0.0500. The van der Waals surface area contributed by atoms with Gasteiger partial charge < -0.3 is 5.11 Å². The molecule has 88 valence electrons. The summed E-state index contributed by atoms with van der Waals surface area (Å²) in [5.41, 5.74) is 0.850. The lowest BCUT2D eigenvalue weighted by Crippen LogP contribution is -2.05. The highest BCUT2D eigenvalue weighted by atomic mass is 79.9. The third-order valence-corrected chi connectivity index (χ3v) is 4.19. The normalized spacial score (nSPS) is 18.9. The number of hydrogen-bond donors (Lipinski definition) is 1. The van der Waals surface area contributed by atoms with E-state index in [1.165, 1.54) is 25.7 Å². The molecule has 1 N–H and O–H groups in total. The van der Waals surface area contributed by atoms with Gasteiger partial charge in [0.15, 0.2) is 0 Å². The molecule has 3 heteroatoms. The van der Waals surface area contributed by atoms with Crippen LogP contribution in [-0.4, -0.2) is 5.11 Å². The van der Waals surface area contributed by atoms with E-state index in [-0.39, 0.29) is 0 Å².